The first-order valence-electron chi connectivity index (χ1n) is 6.94. The highest BCUT2D eigenvalue weighted by Gasteiger charge is 2.47. The third kappa shape index (κ3) is 2.79. The van der Waals surface area contributed by atoms with Gasteiger partial charge in [0.15, 0.2) is 5.78 Å². The summed E-state index contributed by atoms with van der Waals surface area (Å²) < 4.78 is 9.63. The molecular formula is C17H18O5. The Labute approximate surface area is 128 Å². The topological polar surface area (TPSA) is 69.7 Å². The van der Waals surface area contributed by atoms with E-state index in [4.69, 9.17) is 9.47 Å². The summed E-state index contributed by atoms with van der Waals surface area (Å²) in [6, 6.07) is 9.02. The molecule has 0 saturated carbocycles. The van der Waals surface area contributed by atoms with Crippen LogP contribution in [0.4, 0.5) is 0 Å². The highest BCUT2D eigenvalue weighted by molar-refractivity contribution is 6.08. The van der Waals surface area contributed by atoms with E-state index in [1.807, 2.05) is 6.07 Å². The molecule has 22 heavy (non-hydrogen) atoms. The number of ether oxygens (including phenoxy) is 2. The number of benzene rings is 1. The van der Waals surface area contributed by atoms with Crippen molar-refractivity contribution in [3.63, 3.8) is 0 Å². The summed E-state index contributed by atoms with van der Waals surface area (Å²) in [7, 11) is 2.53. The summed E-state index contributed by atoms with van der Waals surface area (Å²) in [6.45, 7) is 1.70. The molecule has 5 nitrogen and oxygen atoms in total. The number of hydrogen-bond acceptors (Lipinski definition) is 5. The number of allylic oxidation sites excluding steroid dienone is 1. The average Bonchev–Trinajstić information content (AvgIpc) is 2.53. The van der Waals surface area contributed by atoms with Crippen LogP contribution in [-0.2, 0) is 23.9 Å². The van der Waals surface area contributed by atoms with Crippen LogP contribution in [0.5, 0.6) is 0 Å². The second-order valence-electron chi connectivity index (χ2n) is 5.23. The van der Waals surface area contributed by atoms with Crippen molar-refractivity contribution < 1.29 is 23.9 Å². The summed E-state index contributed by atoms with van der Waals surface area (Å²) >= 11 is 0. The van der Waals surface area contributed by atoms with Gasteiger partial charge in [0.25, 0.3) is 0 Å². The van der Waals surface area contributed by atoms with Gasteiger partial charge < -0.3 is 9.47 Å². The Balaban J connectivity index is 2.60. The molecule has 0 fully saturated rings. The standard InChI is InChI=1S/C17H18O5/c1-10-9-12(18)15(17(20)22-3)14(13(10)16(19)21-2)11-7-5-4-6-8-11/h4-9,13-15H,1-3H3/t13-,14+,15+/m1/s1. The Bertz CT molecular complexity index is 617. The van der Waals surface area contributed by atoms with E-state index < -0.39 is 29.7 Å². The fourth-order valence-corrected chi connectivity index (χ4v) is 2.97. The molecule has 0 saturated heterocycles. The largest absolute Gasteiger partial charge is 0.469 e. The molecule has 0 N–H and O–H groups in total. The van der Waals surface area contributed by atoms with Gasteiger partial charge in [-0.05, 0) is 18.6 Å². The van der Waals surface area contributed by atoms with Gasteiger partial charge in [-0.2, -0.15) is 0 Å². The van der Waals surface area contributed by atoms with Gasteiger partial charge in [-0.25, -0.2) is 0 Å². The molecule has 0 aliphatic heterocycles. The summed E-state index contributed by atoms with van der Waals surface area (Å²) in [4.78, 5) is 36.6. The number of rotatable bonds is 3. The van der Waals surface area contributed by atoms with Gasteiger partial charge in [0, 0.05) is 5.92 Å². The quantitative estimate of drug-likeness (QED) is 0.630. The number of methoxy groups -OCH3 is 2. The Morgan fingerprint density at radius 2 is 1.50 bits per heavy atom. The Morgan fingerprint density at radius 3 is 2.05 bits per heavy atom. The molecular weight excluding hydrogens is 284 g/mol. The van der Waals surface area contributed by atoms with Gasteiger partial charge >= 0.3 is 11.9 Å². The van der Waals surface area contributed by atoms with Crippen molar-refractivity contribution in [2.45, 2.75) is 12.8 Å². The lowest BCUT2D eigenvalue weighted by atomic mass is 9.68. The van der Waals surface area contributed by atoms with Crippen molar-refractivity contribution in [1.29, 1.82) is 0 Å². The molecule has 1 aromatic rings. The van der Waals surface area contributed by atoms with E-state index in [0.29, 0.717) is 5.57 Å². The minimum absolute atomic E-state index is 0.349. The first-order valence-corrected chi connectivity index (χ1v) is 6.94. The lowest BCUT2D eigenvalue weighted by Gasteiger charge is -2.34. The molecule has 2 rings (SSSR count). The second kappa shape index (κ2) is 6.56. The molecule has 0 amide bonds. The zero-order valence-electron chi connectivity index (χ0n) is 12.7. The summed E-state index contributed by atoms with van der Waals surface area (Å²) in [5.74, 6) is -3.81. The molecule has 0 unspecified atom stereocenters. The van der Waals surface area contributed by atoms with Gasteiger partial charge in [0.2, 0.25) is 0 Å². The Kier molecular flexibility index (Phi) is 4.75. The molecule has 1 aromatic carbocycles. The van der Waals surface area contributed by atoms with E-state index >= 15 is 0 Å². The Hall–Kier alpha value is -2.43. The van der Waals surface area contributed by atoms with Crippen LogP contribution in [0.1, 0.15) is 18.4 Å². The van der Waals surface area contributed by atoms with E-state index in [-0.39, 0.29) is 5.78 Å². The van der Waals surface area contributed by atoms with Gasteiger partial charge in [0.05, 0.1) is 20.1 Å². The second-order valence-corrected chi connectivity index (χ2v) is 5.23. The molecule has 0 radical (unpaired) electrons. The summed E-state index contributed by atoms with van der Waals surface area (Å²) in [5.41, 5.74) is 1.32. The first kappa shape index (κ1) is 15.9. The van der Waals surface area contributed by atoms with Crippen LogP contribution < -0.4 is 0 Å². The fourth-order valence-electron chi connectivity index (χ4n) is 2.97. The highest BCUT2D eigenvalue weighted by atomic mass is 16.5. The van der Waals surface area contributed by atoms with Gasteiger partial charge in [-0.1, -0.05) is 35.9 Å². The van der Waals surface area contributed by atoms with Crippen LogP contribution in [0, 0.1) is 11.8 Å². The maximum absolute atomic E-state index is 12.3. The van der Waals surface area contributed by atoms with Crippen molar-refractivity contribution in [2.24, 2.45) is 11.8 Å². The molecule has 116 valence electrons. The maximum atomic E-state index is 12.3. The van der Waals surface area contributed by atoms with Crippen LogP contribution >= 0.6 is 0 Å². The van der Waals surface area contributed by atoms with Gasteiger partial charge in [0.1, 0.15) is 5.92 Å². The molecule has 3 atom stereocenters. The molecule has 0 heterocycles. The predicted molar refractivity (Wildman–Crippen MR) is 79.0 cm³/mol. The summed E-state index contributed by atoms with van der Waals surface area (Å²) in [5, 5.41) is 0. The third-order valence-corrected chi connectivity index (χ3v) is 3.98. The molecule has 5 heteroatoms. The van der Waals surface area contributed by atoms with E-state index in [1.165, 1.54) is 20.3 Å². The fraction of sp³-hybridized carbons (Fsp3) is 0.353. The first-order chi connectivity index (χ1) is 10.5. The SMILES string of the molecule is COC(=O)[C@H]1C(=O)C=C(C)[C@@H](C(=O)OC)[C@@H]1c1ccccc1. The lowest BCUT2D eigenvalue weighted by Crippen LogP contribution is -2.41. The molecule has 0 spiro atoms. The number of ketones is 1. The van der Waals surface area contributed by atoms with Crippen LogP contribution in [0.15, 0.2) is 42.0 Å². The number of carbonyl (C=O) groups excluding carboxylic acids is 3. The molecule has 0 bridgehead atoms. The maximum Gasteiger partial charge on any atom is 0.317 e. The van der Waals surface area contributed by atoms with Crippen molar-refractivity contribution in [3.8, 4) is 0 Å². The van der Waals surface area contributed by atoms with Crippen LogP contribution in [-0.4, -0.2) is 31.9 Å². The smallest absolute Gasteiger partial charge is 0.317 e. The number of esters is 2. The van der Waals surface area contributed by atoms with E-state index in [2.05, 4.69) is 0 Å². The molecule has 1 aliphatic carbocycles. The van der Waals surface area contributed by atoms with Crippen LogP contribution in [0.2, 0.25) is 0 Å². The third-order valence-electron chi connectivity index (χ3n) is 3.98. The zero-order valence-corrected chi connectivity index (χ0v) is 12.7. The van der Waals surface area contributed by atoms with E-state index in [0.717, 1.165) is 5.56 Å². The van der Waals surface area contributed by atoms with Crippen molar-refractivity contribution >= 4 is 17.7 Å². The number of hydrogen-bond donors (Lipinski definition) is 0. The minimum atomic E-state index is -1.04. The highest BCUT2D eigenvalue weighted by Crippen LogP contribution is 2.41. The number of carbonyl (C=O) groups is 3. The van der Waals surface area contributed by atoms with Gasteiger partial charge in [-0.3, -0.25) is 14.4 Å². The van der Waals surface area contributed by atoms with Crippen molar-refractivity contribution in [1.82, 2.24) is 0 Å². The predicted octanol–water partition coefficient (Wildman–Crippen LogP) is 1.88. The summed E-state index contributed by atoms with van der Waals surface area (Å²) in [6.07, 6.45) is 1.34. The normalized spacial score (nSPS) is 24.4. The van der Waals surface area contributed by atoms with Crippen LogP contribution in [0.3, 0.4) is 0 Å². The van der Waals surface area contributed by atoms with Crippen molar-refractivity contribution in [2.75, 3.05) is 14.2 Å². The van der Waals surface area contributed by atoms with Crippen molar-refractivity contribution in [3.05, 3.63) is 47.5 Å². The minimum Gasteiger partial charge on any atom is -0.469 e. The van der Waals surface area contributed by atoms with Crippen LogP contribution in [0.25, 0.3) is 0 Å². The average molecular weight is 302 g/mol. The monoisotopic (exact) mass is 302 g/mol. The molecule has 0 aromatic heterocycles. The zero-order chi connectivity index (χ0) is 16.3. The van der Waals surface area contributed by atoms with E-state index in [1.54, 1.807) is 31.2 Å². The lowest BCUT2D eigenvalue weighted by molar-refractivity contribution is -0.152. The Morgan fingerprint density at radius 1 is 0.955 bits per heavy atom. The molecule has 1 aliphatic rings. The van der Waals surface area contributed by atoms with Gasteiger partial charge in [-0.15, -0.1) is 0 Å². The van der Waals surface area contributed by atoms with E-state index in [9.17, 15) is 14.4 Å².